The van der Waals surface area contributed by atoms with Gasteiger partial charge in [0.25, 0.3) is 5.91 Å². The molecule has 1 aromatic rings. The average molecular weight is 292 g/mol. The first-order chi connectivity index (χ1) is 9.52. The maximum atomic E-state index is 12.0. The summed E-state index contributed by atoms with van der Waals surface area (Å²) in [5.41, 5.74) is 6.12. The van der Waals surface area contributed by atoms with Gasteiger partial charge >= 0.3 is 0 Å². The van der Waals surface area contributed by atoms with E-state index >= 15 is 0 Å². The Balaban J connectivity index is 2.29. The molecular formula is C13H16N4O2S. The number of nitrogens with zero attached hydrogens (tertiary/aromatic N) is 3. The molecule has 1 fully saturated rings. The van der Waals surface area contributed by atoms with E-state index in [4.69, 9.17) is 5.73 Å². The van der Waals surface area contributed by atoms with Crippen molar-refractivity contribution >= 4 is 35.1 Å². The van der Waals surface area contributed by atoms with E-state index in [0.29, 0.717) is 28.8 Å². The highest BCUT2D eigenvalue weighted by Crippen LogP contribution is 2.29. The molecule has 0 aliphatic carbocycles. The minimum absolute atomic E-state index is 0.0489. The molecule has 0 radical (unpaired) electrons. The van der Waals surface area contributed by atoms with Gasteiger partial charge < -0.3 is 10.6 Å². The molecule has 0 saturated carbocycles. The second-order valence-corrected chi connectivity index (χ2v) is 5.24. The van der Waals surface area contributed by atoms with Gasteiger partial charge in [-0.25, -0.2) is 4.98 Å². The molecule has 0 spiro atoms. The number of carbonyl (C=O) groups excluding carboxylic acids is 2. The predicted molar refractivity (Wildman–Crippen MR) is 79.7 cm³/mol. The Kier molecular flexibility index (Phi) is 4.29. The molecule has 2 N–H and O–H groups in total. The Bertz CT molecular complexity index is 556. The van der Waals surface area contributed by atoms with Crippen LogP contribution < -0.4 is 10.6 Å². The number of carbonyl (C=O) groups is 2. The number of rotatable bonds is 3. The van der Waals surface area contributed by atoms with Crippen molar-refractivity contribution in [3.63, 3.8) is 0 Å². The number of pyridine rings is 1. The fourth-order valence-electron chi connectivity index (χ4n) is 1.76. The number of nitrogen functional groups attached to an aromatic ring is 1. The van der Waals surface area contributed by atoms with Crippen LogP contribution >= 0.6 is 11.8 Å². The quantitative estimate of drug-likeness (QED) is 0.852. The maximum Gasteiger partial charge on any atom is 0.262 e. The van der Waals surface area contributed by atoms with Crippen LogP contribution in [-0.4, -0.2) is 34.1 Å². The van der Waals surface area contributed by atoms with Gasteiger partial charge in [-0.3, -0.25) is 14.5 Å². The summed E-state index contributed by atoms with van der Waals surface area (Å²) in [6.45, 7) is 4.02. The van der Waals surface area contributed by atoms with Crippen molar-refractivity contribution in [1.82, 2.24) is 9.88 Å². The van der Waals surface area contributed by atoms with Crippen LogP contribution in [0.1, 0.15) is 13.8 Å². The lowest BCUT2D eigenvalue weighted by molar-refractivity contribution is -0.124. The third kappa shape index (κ3) is 2.93. The van der Waals surface area contributed by atoms with Crippen LogP contribution in [0.2, 0.25) is 0 Å². The van der Waals surface area contributed by atoms with E-state index in [1.165, 1.54) is 29.8 Å². The smallest absolute Gasteiger partial charge is 0.262 e. The summed E-state index contributed by atoms with van der Waals surface area (Å²) in [6, 6.07) is 3.31. The molecule has 7 heteroatoms. The van der Waals surface area contributed by atoms with Gasteiger partial charge in [0.05, 0.1) is 22.7 Å². The second-order valence-electron chi connectivity index (χ2n) is 4.26. The summed E-state index contributed by atoms with van der Waals surface area (Å²) in [5, 5.41) is 0. The first-order valence-corrected chi connectivity index (χ1v) is 7.16. The summed E-state index contributed by atoms with van der Waals surface area (Å²) in [7, 11) is 0. The SMILES string of the molecule is CCN1CSC(=CN(C(C)=O)c2ccc(N)nc2)C1=O. The lowest BCUT2D eigenvalue weighted by atomic mass is 10.3. The van der Waals surface area contributed by atoms with E-state index in [0.717, 1.165) is 0 Å². The zero-order valence-electron chi connectivity index (χ0n) is 11.4. The molecular weight excluding hydrogens is 276 g/mol. The number of amides is 2. The van der Waals surface area contributed by atoms with Crippen LogP contribution in [0.4, 0.5) is 11.5 Å². The summed E-state index contributed by atoms with van der Waals surface area (Å²) in [6.07, 6.45) is 3.08. The Morgan fingerprint density at radius 3 is 2.85 bits per heavy atom. The molecule has 20 heavy (non-hydrogen) atoms. The van der Waals surface area contributed by atoms with E-state index in [9.17, 15) is 9.59 Å². The van der Waals surface area contributed by atoms with Crippen molar-refractivity contribution in [3.05, 3.63) is 29.4 Å². The molecule has 0 bridgehead atoms. The molecule has 1 aliphatic rings. The molecule has 1 aliphatic heterocycles. The lowest BCUT2D eigenvalue weighted by Crippen LogP contribution is -2.26. The molecule has 1 aromatic heterocycles. The maximum absolute atomic E-state index is 12.0. The van der Waals surface area contributed by atoms with E-state index in [1.807, 2.05) is 6.92 Å². The van der Waals surface area contributed by atoms with Gasteiger partial charge in [0, 0.05) is 19.7 Å². The Morgan fingerprint density at radius 1 is 1.60 bits per heavy atom. The zero-order chi connectivity index (χ0) is 14.7. The minimum atomic E-state index is -0.188. The molecule has 106 valence electrons. The monoisotopic (exact) mass is 292 g/mol. The van der Waals surface area contributed by atoms with Gasteiger partial charge in [-0.15, -0.1) is 0 Å². The number of anilines is 2. The lowest BCUT2D eigenvalue weighted by Gasteiger charge is -2.17. The van der Waals surface area contributed by atoms with Crippen molar-refractivity contribution < 1.29 is 9.59 Å². The molecule has 6 nitrogen and oxygen atoms in total. The zero-order valence-corrected chi connectivity index (χ0v) is 12.2. The summed E-state index contributed by atoms with van der Waals surface area (Å²) in [5.74, 6) is 0.764. The summed E-state index contributed by atoms with van der Waals surface area (Å²) >= 11 is 1.43. The fourth-order valence-corrected chi connectivity index (χ4v) is 2.78. The number of hydrogen-bond acceptors (Lipinski definition) is 5. The number of likely N-dealkylation sites (N-methyl/N-ethyl adjacent to an activating group) is 1. The van der Waals surface area contributed by atoms with E-state index < -0.39 is 0 Å². The van der Waals surface area contributed by atoms with Crippen LogP contribution in [-0.2, 0) is 9.59 Å². The van der Waals surface area contributed by atoms with Gasteiger partial charge in [0.1, 0.15) is 5.82 Å². The fraction of sp³-hybridized carbons (Fsp3) is 0.308. The summed E-state index contributed by atoms with van der Waals surface area (Å²) < 4.78 is 0. The predicted octanol–water partition coefficient (Wildman–Crippen LogP) is 1.41. The Hall–Kier alpha value is -2.02. The molecule has 1 saturated heterocycles. The van der Waals surface area contributed by atoms with Gasteiger partial charge in [0.2, 0.25) is 5.91 Å². The molecule has 0 unspecified atom stereocenters. The van der Waals surface area contributed by atoms with Crippen molar-refractivity contribution in [2.24, 2.45) is 0 Å². The molecule has 0 aromatic carbocycles. The highest BCUT2D eigenvalue weighted by Gasteiger charge is 2.26. The number of aromatic nitrogens is 1. The normalized spacial score (nSPS) is 16.8. The number of nitrogens with two attached hydrogens (primary N) is 1. The molecule has 2 amide bonds. The largest absolute Gasteiger partial charge is 0.384 e. The van der Waals surface area contributed by atoms with Crippen molar-refractivity contribution in [1.29, 1.82) is 0 Å². The van der Waals surface area contributed by atoms with Gasteiger partial charge in [-0.2, -0.15) is 0 Å². The highest BCUT2D eigenvalue weighted by molar-refractivity contribution is 8.04. The minimum Gasteiger partial charge on any atom is -0.384 e. The van der Waals surface area contributed by atoms with Crippen LogP contribution in [0, 0.1) is 0 Å². The van der Waals surface area contributed by atoms with Crippen LogP contribution in [0.25, 0.3) is 0 Å². The van der Waals surface area contributed by atoms with Crippen LogP contribution in [0.3, 0.4) is 0 Å². The van der Waals surface area contributed by atoms with Crippen molar-refractivity contribution in [2.45, 2.75) is 13.8 Å². The first kappa shape index (κ1) is 14.4. The third-order valence-electron chi connectivity index (χ3n) is 2.89. The van der Waals surface area contributed by atoms with Crippen LogP contribution in [0.15, 0.2) is 29.4 Å². The van der Waals surface area contributed by atoms with Gasteiger partial charge in [-0.1, -0.05) is 11.8 Å². The van der Waals surface area contributed by atoms with E-state index in [-0.39, 0.29) is 11.8 Å². The molecule has 2 rings (SSSR count). The molecule has 2 heterocycles. The number of thioether (sulfide) groups is 1. The topological polar surface area (TPSA) is 79.5 Å². The average Bonchev–Trinajstić information content (AvgIpc) is 2.77. The first-order valence-electron chi connectivity index (χ1n) is 6.18. The molecule has 0 atom stereocenters. The van der Waals surface area contributed by atoms with Crippen LogP contribution in [0.5, 0.6) is 0 Å². The number of hydrogen-bond donors (Lipinski definition) is 1. The van der Waals surface area contributed by atoms with E-state index in [2.05, 4.69) is 4.98 Å². The van der Waals surface area contributed by atoms with Crippen molar-refractivity contribution in [3.8, 4) is 0 Å². The van der Waals surface area contributed by atoms with Gasteiger partial charge in [0.15, 0.2) is 0 Å². The Labute approximate surface area is 121 Å². The van der Waals surface area contributed by atoms with Gasteiger partial charge in [-0.05, 0) is 19.1 Å². The van der Waals surface area contributed by atoms with E-state index in [1.54, 1.807) is 23.2 Å². The third-order valence-corrected chi connectivity index (χ3v) is 3.92. The second kappa shape index (κ2) is 5.96. The Morgan fingerprint density at radius 2 is 2.35 bits per heavy atom. The standard InChI is InChI=1S/C13H16N4O2S/c1-3-16-8-20-11(13(16)19)7-17(9(2)18)10-4-5-12(14)15-6-10/h4-7H,3,8H2,1-2H3,(H2,14,15). The summed E-state index contributed by atoms with van der Waals surface area (Å²) in [4.78, 5) is 31.4. The van der Waals surface area contributed by atoms with Crippen molar-refractivity contribution in [2.75, 3.05) is 23.1 Å². The highest BCUT2D eigenvalue weighted by atomic mass is 32.2.